The molecule has 1 aliphatic rings. The third kappa shape index (κ3) is 2.44. The third-order valence-corrected chi connectivity index (χ3v) is 4.42. The summed E-state index contributed by atoms with van der Waals surface area (Å²) in [6, 6.07) is 3.69. The number of amides is 2. The van der Waals surface area contributed by atoms with Crippen LogP contribution in [0.2, 0.25) is 0 Å². The molecule has 0 spiro atoms. The summed E-state index contributed by atoms with van der Waals surface area (Å²) in [6.45, 7) is 5.56. The van der Waals surface area contributed by atoms with E-state index in [9.17, 15) is 14.0 Å². The van der Waals surface area contributed by atoms with Gasteiger partial charge in [-0.2, -0.15) is 0 Å². The van der Waals surface area contributed by atoms with Gasteiger partial charge in [0.2, 0.25) is 11.8 Å². The zero-order valence-electron chi connectivity index (χ0n) is 12.1. The molecule has 21 heavy (non-hydrogen) atoms. The number of nitrogens with two attached hydrogens (primary N) is 1. The molecule has 4 nitrogen and oxygen atoms in total. The predicted molar refractivity (Wildman–Crippen MR) is 82.3 cm³/mol. The molecule has 0 aromatic heterocycles. The van der Waals surface area contributed by atoms with Crippen molar-refractivity contribution in [2.24, 2.45) is 17.1 Å². The van der Waals surface area contributed by atoms with E-state index >= 15 is 0 Å². The van der Waals surface area contributed by atoms with E-state index in [2.05, 4.69) is 0 Å². The fourth-order valence-corrected chi connectivity index (χ4v) is 2.60. The van der Waals surface area contributed by atoms with Gasteiger partial charge in [0, 0.05) is 12.0 Å². The van der Waals surface area contributed by atoms with E-state index in [1.807, 2.05) is 13.8 Å². The quantitative estimate of drug-likeness (QED) is 0.688. The first-order valence-corrected chi connectivity index (χ1v) is 7.06. The smallest absolute Gasteiger partial charge is 0.240 e. The molecule has 1 unspecified atom stereocenters. The lowest BCUT2D eigenvalue weighted by molar-refractivity contribution is -0.126. The number of halogens is 1. The molecular weight excluding hydrogens is 291 g/mol. The molecule has 1 atom stereocenters. The van der Waals surface area contributed by atoms with Crippen LogP contribution in [0.25, 0.3) is 0 Å². The molecule has 2 amide bonds. The van der Waals surface area contributed by atoms with E-state index in [0.717, 1.165) is 11.0 Å². The highest BCUT2D eigenvalue weighted by Crippen LogP contribution is 2.42. The standard InChI is InChI=1S/C15H17FN2O2S/c1-8(2)15(3)7-12(19)18(14(15)20)11-5-4-9(16)6-10(11)13(17)21/h4-6,8H,7H2,1-3H3,(H2,17,21). The highest BCUT2D eigenvalue weighted by molar-refractivity contribution is 7.80. The Kier molecular flexibility index (Phi) is 3.84. The highest BCUT2D eigenvalue weighted by atomic mass is 32.1. The van der Waals surface area contributed by atoms with Crippen molar-refractivity contribution < 1.29 is 14.0 Å². The average molecular weight is 308 g/mol. The van der Waals surface area contributed by atoms with Crippen LogP contribution in [0.4, 0.5) is 10.1 Å². The van der Waals surface area contributed by atoms with Crippen LogP contribution in [0.1, 0.15) is 32.8 Å². The largest absolute Gasteiger partial charge is 0.389 e. The SMILES string of the molecule is CC(C)C1(C)CC(=O)N(c2ccc(F)cc2C(N)=S)C1=O. The highest BCUT2D eigenvalue weighted by Gasteiger charge is 2.51. The average Bonchev–Trinajstić information content (AvgIpc) is 2.62. The van der Waals surface area contributed by atoms with Crippen LogP contribution in [-0.4, -0.2) is 16.8 Å². The number of carbonyl (C=O) groups excluding carboxylic acids is 2. The van der Waals surface area contributed by atoms with Gasteiger partial charge in [-0.1, -0.05) is 26.1 Å². The Balaban J connectivity index is 2.56. The Morgan fingerprint density at radius 3 is 2.52 bits per heavy atom. The van der Waals surface area contributed by atoms with Gasteiger partial charge in [0.05, 0.1) is 11.1 Å². The Morgan fingerprint density at radius 1 is 1.43 bits per heavy atom. The molecule has 1 aromatic carbocycles. The predicted octanol–water partition coefficient (Wildman–Crippen LogP) is 2.39. The Labute approximate surface area is 128 Å². The van der Waals surface area contributed by atoms with Crippen LogP contribution in [0, 0.1) is 17.2 Å². The van der Waals surface area contributed by atoms with Crippen LogP contribution in [0.3, 0.4) is 0 Å². The summed E-state index contributed by atoms with van der Waals surface area (Å²) in [5, 5.41) is 0. The Hall–Kier alpha value is -1.82. The van der Waals surface area contributed by atoms with Crippen LogP contribution in [0.5, 0.6) is 0 Å². The van der Waals surface area contributed by atoms with Crippen molar-refractivity contribution in [3.05, 3.63) is 29.6 Å². The molecule has 2 rings (SSSR count). The van der Waals surface area contributed by atoms with Crippen molar-refractivity contribution in [3.63, 3.8) is 0 Å². The van der Waals surface area contributed by atoms with E-state index in [-0.39, 0.29) is 40.4 Å². The van der Waals surface area contributed by atoms with Crippen LogP contribution in [-0.2, 0) is 9.59 Å². The lowest BCUT2D eigenvalue weighted by Crippen LogP contribution is -2.37. The maximum Gasteiger partial charge on any atom is 0.240 e. The minimum absolute atomic E-state index is 0.00711. The summed E-state index contributed by atoms with van der Waals surface area (Å²) >= 11 is 4.89. The lowest BCUT2D eigenvalue weighted by Gasteiger charge is -2.26. The van der Waals surface area contributed by atoms with Crippen LogP contribution in [0.15, 0.2) is 18.2 Å². The van der Waals surface area contributed by atoms with Gasteiger partial charge in [-0.15, -0.1) is 0 Å². The zero-order chi connectivity index (χ0) is 15.9. The fraction of sp³-hybridized carbons (Fsp3) is 0.400. The van der Waals surface area contributed by atoms with Gasteiger partial charge >= 0.3 is 0 Å². The third-order valence-electron chi connectivity index (χ3n) is 4.20. The molecule has 0 saturated carbocycles. The zero-order valence-corrected chi connectivity index (χ0v) is 13.0. The Morgan fingerprint density at radius 2 is 2.05 bits per heavy atom. The lowest BCUT2D eigenvalue weighted by atomic mass is 9.78. The number of hydrogen-bond donors (Lipinski definition) is 1. The molecule has 0 bridgehead atoms. The maximum atomic E-state index is 13.4. The number of hydrogen-bond acceptors (Lipinski definition) is 3. The first-order chi connectivity index (χ1) is 9.68. The van der Waals surface area contributed by atoms with Crippen LogP contribution < -0.4 is 10.6 Å². The monoisotopic (exact) mass is 308 g/mol. The van der Waals surface area contributed by atoms with E-state index in [4.69, 9.17) is 18.0 Å². The summed E-state index contributed by atoms with van der Waals surface area (Å²) in [4.78, 5) is 26.0. The summed E-state index contributed by atoms with van der Waals surface area (Å²) in [5.41, 5.74) is 5.27. The fourth-order valence-electron chi connectivity index (χ4n) is 2.43. The number of carbonyl (C=O) groups is 2. The summed E-state index contributed by atoms with van der Waals surface area (Å²) in [7, 11) is 0. The normalized spacial score (nSPS) is 22.2. The van der Waals surface area contributed by atoms with Gasteiger partial charge < -0.3 is 5.73 Å². The van der Waals surface area contributed by atoms with Gasteiger partial charge in [-0.25, -0.2) is 9.29 Å². The van der Waals surface area contributed by atoms with Crippen molar-refractivity contribution >= 4 is 34.7 Å². The molecule has 2 N–H and O–H groups in total. The van der Waals surface area contributed by atoms with Gasteiger partial charge in [-0.3, -0.25) is 9.59 Å². The number of thiocarbonyl (C=S) groups is 1. The number of rotatable bonds is 3. The number of benzene rings is 1. The summed E-state index contributed by atoms with van der Waals surface area (Å²) < 4.78 is 13.4. The second-order valence-corrected chi connectivity index (χ2v) is 6.25. The van der Waals surface area contributed by atoms with Crippen LogP contribution >= 0.6 is 12.2 Å². The Bertz CT molecular complexity index is 645. The molecule has 1 aliphatic heterocycles. The van der Waals surface area contributed by atoms with Gasteiger partial charge in [-0.05, 0) is 31.0 Å². The minimum atomic E-state index is -0.765. The molecule has 1 saturated heterocycles. The molecule has 1 heterocycles. The van der Waals surface area contributed by atoms with Gasteiger partial charge in [0.15, 0.2) is 0 Å². The van der Waals surface area contributed by atoms with E-state index in [0.29, 0.717) is 0 Å². The van der Waals surface area contributed by atoms with Crippen molar-refractivity contribution in [3.8, 4) is 0 Å². The van der Waals surface area contributed by atoms with Crippen molar-refractivity contribution in [1.29, 1.82) is 0 Å². The second-order valence-electron chi connectivity index (χ2n) is 5.81. The van der Waals surface area contributed by atoms with Crippen molar-refractivity contribution in [2.75, 3.05) is 4.90 Å². The molecule has 112 valence electrons. The molecule has 0 aliphatic carbocycles. The van der Waals surface area contributed by atoms with E-state index in [1.54, 1.807) is 6.92 Å². The number of nitrogens with zero attached hydrogens (tertiary/aromatic N) is 1. The van der Waals surface area contributed by atoms with E-state index < -0.39 is 11.2 Å². The molecule has 1 aromatic rings. The molecule has 1 fully saturated rings. The maximum absolute atomic E-state index is 13.4. The number of anilines is 1. The second kappa shape index (κ2) is 5.18. The van der Waals surface area contributed by atoms with Crippen molar-refractivity contribution in [2.45, 2.75) is 27.2 Å². The van der Waals surface area contributed by atoms with Crippen molar-refractivity contribution in [1.82, 2.24) is 0 Å². The molecule has 0 radical (unpaired) electrons. The molecule has 6 heteroatoms. The minimum Gasteiger partial charge on any atom is -0.389 e. The topological polar surface area (TPSA) is 63.4 Å². The summed E-state index contributed by atoms with van der Waals surface area (Å²) in [6.07, 6.45) is 0.123. The number of imide groups is 1. The first kappa shape index (κ1) is 15.6. The van der Waals surface area contributed by atoms with Gasteiger partial charge in [0.1, 0.15) is 10.8 Å². The molecular formula is C15H17FN2O2S. The van der Waals surface area contributed by atoms with Gasteiger partial charge in [0.25, 0.3) is 0 Å². The van der Waals surface area contributed by atoms with E-state index in [1.165, 1.54) is 12.1 Å². The summed E-state index contributed by atoms with van der Waals surface area (Å²) in [5.74, 6) is -1.13. The first-order valence-electron chi connectivity index (χ1n) is 6.65.